The van der Waals surface area contributed by atoms with E-state index in [-0.39, 0.29) is 23.1 Å². The van der Waals surface area contributed by atoms with Gasteiger partial charge in [0, 0.05) is 44.0 Å². The average Bonchev–Trinajstić information content (AvgIpc) is 3.40. The maximum atomic E-state index is 13.5. The first-order chi connectivity index (χ1) is 15.6. The fraction of sp³-hybridized carbons (Fsp3) is 0.360. The summed E-state index contributed by atoms with van der Waals surface area (Å²) >= 11 is 0. The van der Waals surface area contributed by atoms with Gasteiger partial charge in [0.1, 0.15) is 0 Å². The van der Waals surface area contributed by atoms with Crippen LogP contribution in [0.2, 0.25) is 0 Å². The van der Waals surface area contributed by atoms with Crippen LogP contribution in [0, 0.1) is 13.8 Å². The van der Waals surface area contributed by atoms with Crippen LogP contribution in [0.25, 0.3) is 11.3 Å². The first-order valence-corrected chi connectivity index (χ1v) is 12.8. The minimum atomic E-state index is -3.16. The Balaban J connectivity index is 1.62. The number of carbonyl (C=O) groups is 1. The molecule has 33 heavy (non-hydrogen) atoms. The Morgan fingerprint density at radius 1 is 1.06 bits per heavy atom. The molecule has 1 aliphatic heterocycles. The summed E-state index contributed by atoms with van der Waals surface area (Å²) in [6.45, 7) is 4.36. The number of hydrogen-bond donors (Lipinski definition) is 0. The molecule has 7 nitrogen and oxygen atoms in total. The molecule has 1 aromatic heterocycles. The fourth-order valence-corrected chi connectivity index (χ4v) is 5.77. The molecule has 1 saturated heterocycles. The SMILES string of the molecule is Cc1ccc(-c2cc(C(=O)N(Cc3ccc(N(C)C)cc3)C3CCS(=O)(=O)C3)no2)cc1C. The highest BCUT2D eigenvalue weighted by Gasteiger charge is 2.36. The summed E-state index contributed by atoms with van der Waals surface area (Å²) in [5.74, 6) is 0.243. The third kappa shape index (κ3) is 5.11. The van der Waals surface area contributed by atoms with Crippen molar-refractivity contribution in [3.63, 3.8) is 0 Å². The van der Waals surface area contributed by atoms with Crippen LogP contribution in [0.1, 0.15) is 33.6 Å². The number of amides is 1. The van der Waals surface area contributed by atoms with E-state index in [0.29, 0.717) is 18.7 Å². The molecular formula is C25H29N3O4S. The largest absolute Gasteiger partial charge is 0.378 e. The van der Waals surface area contributed by atoms with E-state index in [1.807, 2.05) is 75.3 Å². The number of nitrogens with zero attached hydrogens (tertiary/aromatic N) is 3. The van der Waals surface area contributed by atoms with Crippen molar-refractivity contribution in [2.24, 2.45) is 0 Å². The van der Waals surface area contributed by atoms with E-state index in [4.69, 9.17) is 4.52 Å². The van der Waals surface area contributed by atoms with E-state index in [1.165, 1.54) is 5.56 Å². The van der Waals surface area contributed by atoms with E-state index < -0.39 is 15.9 Å². The van der Waals surface area contributed by atoms with Crippen molar-refractivity contribution in [3.8, 4) is 11.3 Å². The lowest BCUT2D eigenvalue weighted by molar-refractivity contribution is 0.0670. The lowest BCUT2D eigenvalue weighted by Crippen LogP contribution is -2.40. The summed E-state index contributed by atoms with van der Waals surface area (Å²) in [6, 6.07) is 15.1. The van der Waals surface area contributed by atoms with E-state index in [9.17, 15) is 13.2 Å². The van der Waals surface area contributed by atoms with Crippen LogP contribution in [-0.2, 0) is 16.4 Å². The molecule has 0 saturated carbocycles. The second-order valence-corrected chi connectivity index (χ2v) is 11.2. The fourth-order valence-electron chi connectivity index (χ4n) is 4.04. The maximum Gasteiger partial charge on any atom is 0.276 e. The van der Waals surface area contributed by atoms with Gasteiger partial charge in [0.05, 0.1) is 11.5 Å². The van der Waals surface area contributed by atoms with Gasteiger partial charge in [0.15, 0.2) is 21.3 Å². The zero-order valence-corrected chi connectivity index (χ0v) is 20.2. The molecule has 0 bridgehead atoms. The van der Waals surface area contributed by atoms with E-state index >= 15 is 0 Å². The van der Waals surface area contributed by atoms with Gasteiger partial charge >= 0.3 is 0 Å². The van der Waals surface area contributed by atoms with Crippen molar-refractivity contribution < 1.29 is 17.7 Å². The Labute approximate surface area is 194 Å². The molecule has 0 spiro atoms. The van der Waals surface area contributed by atoms with Crippen molar-refractivity contribution in [1.29, 1.82) is 0 Å². The van der Waals surface area contributed by atoms with Crippen molar-refractivity contribution in [2.45, 2.75) is 32.9 Å². The van der Waals surface area contributed by atoms with Gasteiger partial charge in [0.25, 0.3) is 5.91 Å². The highest BCUT2D eigenvalue weighted by Crippen LogP contribution is 2.26. The van der Waals surface area contributed by atoms with Gasteiger partial charge in [-0.15, -0.1) is 0 Å². The summed E-state index contributed by atoms with van der Waals surface area (Å²) in [4.78, 5) is 17.1. The van der Waals surface area contributed by atoms with Crippen LogP contribution < -0.4 is 4.90 Å². The van der Waals surface area contributed by atoms with Crippen LogP contribution >= 0.6 is 0 Å². The molecule has 1 amide bonds. The predicted octanol–water partition coefficient (Wildman–Crippen LogP) is 3.85. The minimum absolute atomic E-state index is 0.0314. The molecule has 0 aliphatic carbocycles. The topological polar surface area (TPSA) is 83.7 Å². The zero-order chi connectivity index (χ0) is 23.8. The van der Waals surface area contributed by atoms with Gasteiger partial charge in [-0.05, 0) is 55.2 Å². The van der Waals surface area contributed by atoms with E-state index in [2.05, 4.69) is 5.16 Å². The summed E-state index contributed by atoms with van der Waals surface area (Å²) in [7, 11) is 0.771. The molecule has 2 aromatic carbocycles. The highest BCUT2D eigenvalue weighted by atomic mass is 32.2. The molecule has 2 heterocycles. The Bertz CT molecular complexity index is 1260. The van der Waals surface area contributed by atoms with E-state index in [1.54, 1.807) is 11.0 Å². The van der Waals surface area contributed by atoms with Crippen LogP contribution in [0.4, 0.5) is 5.69 Å². The number of aromatic nitrogens is 1. The quantitative estimate of drug-likeness (QED) is 0.548. The summed E-state index contributed by atoms with van der Waals surface area (Å²) in [6.07, 6.45) is 0.422. The molecule has 0 radical (unpaired) electrons. The second-order valence-electron chi connectivity index (χ2n) is 8.93. The molecule has 4 rings (SSSR count). The monoisotopic (exact) mass is 467 g/mol. The number of aryl methyl sites for hydroxylation is 2. The zero-order valence-electron chi connectivity index (χ0n) is 19.4. The van der Waals surface area contributed by atoms with Gasteiger partial charge in [-0.1, -0.05) is 29.4 Å². The lowest BCUT2D eigenvalue weighted by atomic mass is 10.0. The number of hydrogen-bond acceptors (Lipinski definition) is 6. The number of anilines is 1. The average molecular weight is 468 g/mol. The highest BCUT2D eigenvalue weighted by molar-refractivity contribution is 7.91. The van der Waals surface area contributed by atoms with Crippen LogP contribution in [0.3, 0.4) is 0 Å². The third-order valence-electron chi connectivity index (χ3n) is 6.24. The molecule has 1 fully saturated rings. The van der Waals surface area contributed by atoms with Gasteiger partial charge < -0.3 is 14.3 Å². The standard InChI is InChI=1S/C25H29N3O4S/c1-17-5-8-20(13-18(17)2)24-14-23(26-32-24)25(29)28(22-11-12-33(30,31)16-22)15-19-6-9-21(10-7-19)27(3)4/h5-10,13-14,22H,11-12,15-16H2,1-4H3. The first kappa shape index (κ1) is 23.0. The van der Waals surface area contributed by atoms with Gasteiger partial charge in [0.2, 0.25) is 0 Å². The van der Waals surface area contributed by atoms with Crippen molar-refractivity contribution in [3.05, 3.63) is 70.9 Å². The summed E-state index contributed by atoms with van der Waals surface area (Å²) < 4.78 is 29.8. The Morgan fingerprint density at radius 2 is 1.79 bits per heavy atom. The minimum Gasteiger partial charge on any atom is -0.378 e. The Hall–Kier alpha value is -3.13. The second kappa shape index (κ2) is 9.02. The molecule has 8 heteroatoms. The summed E-state index contributed by atoms with van der Waals surface area (Å²) in [5.41, 5.74) is 5.29. The normalized spacial score (nSPS) is 17.2. The molecular weight excluding hydrogens is 438 g/mol. The van der Waals surface area contributed by atoms with Crippen molar-refractivity contribution in [1.82, 2.24) is 10.1 Å². The van der Waals surface area contributed by atoms with Gasteiger partial charge in [-0.25, -0.2) is 8.42 Å². The van der Waals surface area contributed by atoms with Crippen molar-refractivity contribution >= 4 is 21.4 Å². The smallest absolute Gasteiger partial charge is 0.276 e. The molecule has 1 atom stereocenters. The summed E-state index contributed by atoms with van der Waals surface area (Å²) in [5, 5.41) is 4.03. The van der Waals surface area contributed by atoms with Crippen LogP contribution in [-0.4, -0.2) is 56.0 Å². The molecule has 0 N–H and O–H groups in total. The molecule has 3 aromatic rings. The number of sulfone groups is 1. The van der Waals surface area contributed by atoms with Crippen molar-refractivity contribution in [2.75, 3.05) is 30.5 Å². The Kier molecular flexibility index (Phi) is 6.30. The lowest BCUT2D eigenvalue weighted by Gasteiger charge is -2.27. The predicted molar refractivity (Wildman–Crippen MR) is 129 cm³/mol. The van der Waals surface area contributed by atoms with Gasteiger partial charge in [-0.2, -0.15) is 0 Å². The number of benzene rings is 2. The van der Waals surface area contributed by atoms with Crippen LogP contribution in [0.15, 0.2) is 53.1 Å². The Morgan fingerprint density at radius 3 is 2.39 bits per heavy atom. The molecule has 174 valence electrons. The molecule has 1 aliphatic rings. The van der Waals surface area contributed by atoms with Crippen LogP contribution in [0.5, 0.6) is 0 Å². The molecule has 1 unspecified atom stereocenters. The number of carbonyl (C=O) groups excluding carboxylic acids is 1. The third-order valence-corrected chi connectivity index (χ3v) is 7.99. The number of rotatable bonds is 6. The van der Waals surface area contributed by atoms with E-state index in [0.717, 1.165) is 22.4 Å². The first-order valence-electron chi connectivity index (χ1n) is 10.9. The maximum absolute atomic E-state index is 13.5. The van der Waals surface area contributed by atoms with Gasteiger partial charge in [-0.3, -0.25) is 4.79 Å².